The van der Waals surface area contributed by atoms with Crippen molar-refractivity contribution in [2.75, 3.05) is 4.43 Å². The Morgan fingerprint density at radius 3 is 2.46 bits per heavy atom. The fourth-order valence-corrected chi connectivity index (χ4v) is 1.63. The SMILES string of the molecule is O=C(CCI)Cc1ccc(F)cc1. The van der Waals surface area contributed by atoms with Crippen LogP contribution >= 0.6 is 22.6 Å². The van der Waals surface area contributed by atoms with E-state index in [1.54, 1.807) is 12.1 Å². The molecule has 1 aromatic rings. The van der Waals surface area contributed by atoms with Crippen LogP contribution in [0.15, 0.2) is 24.3 Å². The summed E-state index contributed by atoms with van der Waals surface area (Å²) in [7, 11) is 0. The molecule has 1 rings (SSSR count). The quantitative estimate of drug-likeness (QED) is 0.616. The van der Waals surface area contributed by atoms with E-state index in [0.717, 1.165) is 9.99 Å². The minimum atomic E-state index is -0.259. The Balaban J connectivity index is 2.54. The Morgan fingerprint density at radius 1 is 1.31 bits per heavy atom. The predicted octanol–water partition coefficient (Wildman–Crippen LogP) is 2.76. The Morgan fingerprint density at radius 2 is 1.92 bits per heavy atom. The van der Waals surface area contributed by atoms with Gasteiger partial charge < -0.3 is 0 Å². The Labute approximate surface area is 90.5 Å². The molecule has 0 bridgehead atoms. The highest BCUT2D eigenvalue weighted by Crippen LogP contribution is 2.05. The highest BCUT2D eigenvalue weighted by molar-refractivity contribution is 14.1. The molecule has 0 atom stereocenters. The van der Waals surface area contributed by atoms with Crippen LogP contribution in [0.4, 0.5) is 4.39 Å². The molecule has 0 saturated carbocycles. The van der Waals surface area contributed by atoms with E-state index in [9.17, 15) is 9.18 Å². The molecule has 0 aliphatic rings. The van der Waals surface area contributed by atoms with Gasteiger partial charge >= 0.3 is 0 Å². The van der Waals surface area contributed by atoms with Crippen LogP contribution in [0.1, 0.15) is 12.0 Å². The van der Waals surface area contributed by atoms with Gasteiger partial charge in [-0.2, -0.15) is 0 Å². The normalized spacial score (nSPS) is 10.0. The van der Waals surface area contributed by atoms with Crippen LogP contribution in [-0.2, 0) is 11.2 Å². The summed E-state index contributed by atoms with van der Waals surface area (Å²) in [5.74, 6) is -0.0499. The second kappa shape index (κ2) is 5.32. The summed E-state index contributed by atoms with van der Waals surface area (Å²) >= 11 is 2.17. The lowest BCUT2D eigenvalue weighted by Crippen LogP contribution is -2.02. The molecular formula is C10H10FIO. The van der Waals surface area contributed by atoms with Gasteiger partial charge in [0.2, 0.25) is 0 Å². The molecule has 3 heteroatoms. The molecule has 70 valence electrons. The second-order valence-electron chi connectivity index (χ2n) is 2.78. The lowest BCUT2D eigenvalue weighted by molar-refractivity contribution is -0.118. The van der Waals surface area contributed by atoms with Crippen LogP contribution in [0.5, 0.6) is 0 Å². The monoisotopic (exact) mass is 292 g/mol. The van der Waals surface area contributed by atoms with Gasteiger partial charge in [-0.25, -0.2) is 4.39 Å². The molecule has 0 aliphatic heterocycles. The number of carbonyl (C=O) groups is 1. The maximum absolute atomic E-state index is 12.5. The summed E-state index contributed by atoms with van der Waals surface area (Å²) in [5, 5.41) is 0. The van der Waals surface area contributed by atoms with E-state index in [4.69, 9.17) is 0 Å². The van der Waals surface area contributed by atoms with Crippen LogP contribution < -0.4 is 0 Å². The number of benzene rings is 1. The average molecular weight is 292 g/mol. The third-order valence-corrected chi connectivity index (χ3v) is 2.23. The van der Waals surface area contributed by atoms with E-state index in [1.165, 1.54) is 12.1 Å². The largest absolute Gasteiger partial charge is 0.299 e. The molecule has 0 aliphatic carbocycles. The van der Waals surface area contributed by atoms with Crippen molar-refractivity contribution in [3.63, 3.8) is 0 Å². The van der Waals surface area contributed by atoms with Gasteiger partial charge in [0.1, 0.15) is 11.6 Å². The van der Waals surface area contributed by atoms with E-state index in [1.807, 2.05) is 0 Å². The fourth-order valence-electron chi connectivity index (χ4n) is 1.02. The molecule has 0 radical (unpaired) electrons. The second-order valence-corrected chi connectivity index (χ2v) is 3.86. The molecule has 1 nitrogen and oxygen atoms in total. The van der Waals surface area contributed by atoms with Crippen LogP contribution in [0.2, 0.25) is 0 Å². The topological polar surface area (TPSA) is 17.1 Å². The third-order valence-electron chi connectivity index (χ3n) is 1.69. The molecule has 0 amide bonds. The maximum Gasteiger partial charge on any atom is 0.138 e. The van der Waals surface area contributed by atoms with E-state index in [-0.39, 0.29) is 11.6 Å². The van der Waals surface area contributed by atoms with Crippen LogP contribution in [0, 0.1) is 5.82 Å². The van der Waals surface area contributed by atoms with Gasteiger partial charge in [-0.1, -0.05) is 34.7 Å². The zero-order valence-electron chi connectivity index (χ0n) is 7.09. The predicted molar refractivity (Wildman–Crippen MR) is 58.6 cm³/mol. The zero-order chi connectivity index (χ0) is 9.68. The lowest BCUT2D eigenvalue weighted by Gasteiger charge is -1.98. The summed E-state index contributed by atoms with van der Waals surface area (Å²) in [6.45, 7) is 0. The van der Waals surface area contributed by atoms with Gasteiger partial charge in [-0.15, -0.1) is 0 Å². The van der Waals surface area contributed by atoms with Crippen molar-refractivity contribution in [1.82, 2.24) is 0 Å². The van der Waals surface area contributed by atoms with Crippen LogP contribution in [0.3, 0.4) is 0 Å². The van der Waals surface area contributed by atoms with Crippen molar-refractivity contribution in [3.05, 3.63) is 35.6 Å². The van der Waals surface area contributed by atoms with Crippen molar-refractivity contribution in [2.24, 2.45) is 0 Å². The van der Waals surface area contributed by atoms with Gasteiger partial charge in [0.05, 0.1) is 0 Å². The zero-order valence-corrected chi connectivity index (χ0v) is 9.25. The summed E-state index contributed by atoms with van der Waals surface area (Å²) < 4.78 is 13.3. The van der Waals surface area contributed by atoms with Crippen LogP contribution in [-0.4, -0.2) is 10.2 Å². The summed E-state index contributed by atoms with van der Waals surface area (Å²) in [4.78, 5) is 11.2. The van der Waals surface area contributed by atoms with Crippen molar-refractivity contribution in [3.8, 4) is 0 Å². The number of ketones is 1. The minimum absolute atomic E-state index is 0.209. The van der Waals surface area contributed by atoms with Gasteiger partial charge in [0.15, 0.2) is 0 Å². The first-order chi connectivity index (χ1) is 6.22. The van der Waals surface area contributed by atoms with Crippen molar-refractivity contribution < 1.29 is 9.18 Å². The molecule has 0 spiro atoms. The number of rotatable bonds is 4. The summed E-state index contributed by atoms with van der Waals surface area (Å²) in [5.41, 5.74) is 0.885. The van der Waals surface area contributed by atoms with Crippen molar-refractivity contribution >= 4 is 28.4 Å². The maximum atomic E-state index is 12.5. The van der Waals surface area contributed by atoms with Gasteiger partial charge in [0.25, 0.3) is 0 Å². The average Bonchev–Trinajstić information content (AvgIpc) is 2.09. The highest BCUT2D eigenvalue weighted by atomic mass is 127. The fraction of sp³-hybridized carbons (Fsp3) is 0.300. The number of Topliss-reactive ketones (excluding diaryl/α,β-unsaturated/α-hetero) is 1. The molecule has 0 saturated heterocycles. The lowest BCUT2D eigenvalue weighted by atomic mass is 10.1. The van der Waals surface area contributed by atoms with Gasteiger partial charge in [-0.05, 0) is 17.7 Å². The van der Waals surface area contributed by atoms with Gasteiger partial charge in [0, 0.05) is 17.3 Å². The smallest absolute Gasteiger partial charge is 0.138 e. The summed E-state index contributed by atoms with van der Waals surface area (Å²) in [6.07, 6.45) is 1.02. The number of halogens is 2. The number of hydrogen-bond acceptors (Lipinski definition) is 1. The highest BCUT2D eigenvalue weighted by Gasteiger charge is 2.02. The Hall–Kier alpha value is -0.450. The van der Waals surface area contributed by atoms with E-state index in [2.05, 4.69) is 22.6 Å². The molecule has 0 unspecified atom stereocenters. The molecule has 1 aromatic carbocycles. The number of hydrogen-bond donors (Lipinski definition) is 0. The molecule has 0 heterocycles. The minimum Gasteiger partial charge on any atom is -0.299 e. The van der Waals surface area contributed by atoms with E-state index in [0.29, 0.717) is 12.8 Å². The molecule has 0 aromatic heterocycles. The van der Waals surface area contributed by atoms with E-state index >= 15 is 0 Å². The Bertz CT molecular complexity index is 281. The molecule has 0 fully saturated rings. The van der Waals surface area contributed by atoms with Gasteiger partial charge in [-0.3, -0.25) is 4.79 Å². The number of alkyl halides is 1. The molecular weight excluding hydrogens is 282 g/mol. The first-order valence-corrected chi connectivity index (χ1v) is 5.57. The molecule has 13 heavy (non-hydrogen) atoms. The third kappa shape index (κ3) is 3.85. The first kappa shape index (κ1) is 10.6. The molecule has 0 N–H and O–H groups in total. The number of carbonyl (C=O) groups excluding carboxylic acids is 1. The van der Waals surface area contributed by atoms with Crippen LogP contribution in [0.25, 0.3) is 0 Å². The van der Waals surface area contributed by atoms with Crippen molar-refractivity contribution in [1.29, 1.82) is 0 Å². The van der Waals surface area contributed by atoms with Crippen molar-refractivity contribution in [2.45, 2.75) is 12.8 Å². The standard InChI is InChI=1S/C10H10FIO/c11-9-3-1-8(2-4-9)7-10(13)5-6-12/h1-4H,5-7H2. The Kier molecular flexibility index (Phi) is 4.35. The summed E-state index contributed by atoms with van der Waals surface area (Å²) in [6, 6.07) is 6.07. The first-order valence-electron chi connectivity index (χ1n) is 4.04. The van der Waals surface area contributed by atoms with E-state index < -0.39 is 0 Å².